The molecule has 28 heavy (non-hydrogen) atoms. The van der Waals surface area contributed by atoms with Crippen molar-refractivity contribution in [2.45, 2.75) is 50.7 Å². The number of aromatic amines is 1. The third-order valence-electron chi connectivity index (χ3n) is 6.63. The molecular weight excluding hydrogens is 358 g/mol. The number of fused-ring (bicyclic) bond motifs is 1. The quantitative estimate of drug-likeness (QED) is 0.278. The van der Waals surface area contributed by atoms with Crippen molar-refractivity contribution >= 4 is 28.5 Å². The number of aliphatic hydroxyl groups is 1. The monoisotopic (exact) mass is 383 g/mol. The number of oxime groups is 1. The minimum Gasteiger partial charge on any atom is -0.390 e. The molecule has 0 saturated heterocycles. The average molecular weight is 383 g/mol. The Hall–Kier alpha value is -2.61. The Morgan fingerprint density at radius 3 is 2.82 bits per heavy atom. The van der Waals surface area contributed by atoms with Crippen LogP contribution in [0, 0.1) is 17.8 Å². The number of rotatable bonds is 4. The number of H-pyrrole nitrogens is 1. The van der Waals surface area contributed by atoms with E-state index < -0.39 is 11.6 Å². The first-order chi connectivity index (χ1) is 13.4. The van der Waals surface area contributed by atoms with Crippen molar-refractivity contribution in [3.05, 3.63) is 24.0 Å². The number of pyridine rings is 1. The number of aromatic nitrogens is 2. The second-order valence-corrected chi connectivity index (χ2v) is 8.76. The van der Waals surface area contributed by atoms with Gasteiger partial charge in [0.15, 0.2) is 0 Å². The SMILES string of the molecule is CC(N)=NOC(=O)c1cnc2[nH]ccc2c1NC1[C@@H]2CC3C[C@H]1CC(O)(C3)C2. The van der Waals surface area contributed by atoms with Gasteiger partial charge in [-0.25, -0.2) is 9.78 Å². The highest BCUT2D eigenvalue weighted by Crippen LogP contribution is 2.56. The van der Waals surface area contributed by atoms with Crippen LogP contribution in [0.25, 0.3) is 11.0 Å². The van der Waals surface area contributed by atoms with Crippen molar-refractivity contribution in [2.24, 2.45) is 28.6 Å². The minimum absolute atomic E-state index is 0.174. The number of hydrogen-bond acceptors (Lipinski definition) is 6. The fourth-order valence-corrected chi connectivity index (χ4v) is 5.86. The molecule has 4 bridgehead atoms. The van der Waals surface area contributed by atoms with Gasteiger partial charge in [0, 0.05) is 23.8 Å². The molecule has 0 radical (unpaired) electrons. The molecule has 0 amide bonds. The van der Waals surface area contributed by atoms with Crippen LogP contribution in [0.1, 0.15) is 49.4 Å². The lowest BCUT2D eigenvalue weighted by molar-refractivity contribution is -0.129. The van der Waals surface area contributed by atoms with Gasteiger partial charge in [-0.2, -0.15) is 0 Å². The summed E-state index contributed by atoms with van der Waals surface area (Å²) in [5.41, 5.74) is 6.75. The van der Waals surface area contributed by atoms with E-state index in [0.717, 1.165) is 37.5 Å². The summed E-state index contributed by atoms with van der Waals surface area (Å²) in [6, 6.07) is 2.13. The number of nitrogens with two attached hydrogens (primary N) is 1. The van der Waals surface area contributed by atoms with E-state index >= 15 is 0 Å². The Morgan fingerprint density at radius 1 is 1.39 bits per heavy atom. The molecule has 4 fully saturated rings. The molecular formula is C20H25N5O3. The highest BCUT2D eigenvalue weighted by Gasteiger charge is 2.54. The number of hydrogen-bond donors (Lipinski definition) is 4. The van der Waals surface area contributed by atoms with E-state index in [1.807, 2.05) is 6.07 Å². The summed E-state index contributed by atoms with van der Waals surface area (Å²) in [6.07, 6.45) is 8.18. The first-order valence-corrected chi connectivity index (χ1v) is 9.88. The molecule has 2 aromatic rings. The van der Waals surface area contributed by atoms with Gasteiger partial charge >= 0.3 is 5.97 Å². The zero-order valence-corrected chi connectivity index (χ0v) is 15.8. The van der Waals surface area contributed by atoms with Gasteiger partial charge in [-0.15, -0.1) is 0 Å². The number of carbonyl (C=O) groups is 1. The molecule has 8 heteroatoms. The molecule has 4 aliphatic rings. The molecule has 2 heterocycles. The summed E-state index contributed by atoms with van der Waals surface area (Å²) in [6.45, 7) is 1.55. The van der Waals surface area contributed by atoms with E-state index in [2.05, 4.69) is 20.4 Å². The van der Waals surface area contributed by atoms with Crippen molar-refractivity contribution in [1.82, 2.24) is 9.97 Å². The second-order valence-electron chi connectivity index (χ2n) is 8.76. The maximum Gasteiger partial charge on any atom is 0.369 e. The predicted octanol–water partition coefficient (Wildman–Crippen LogP) is 2.36. The first kappa shape index (κ1) is 17.5. The number of nitrogens with zero attached hydrogens (tertiary/aromatic N) is 2. The van der Waals surface area contributed by atoms with Gasteiger partial charge < -0.3 is 26.0 Å². The van der Waals surface area contributed by atoms with Gasteiger partial charge in [0.05, 0.1) is 11.3 Å². The average Bonchev–Trinajstić information content (AvgIpc) is 3.10. The summed E-state index contributed by atoms with van der Waals surface area (Å²) in [4.78, 5) is 25.0. The van der Waals surface area contributed by atoms with Crippen LogP contribution in [0.15, 0.2) is 23.6 Å². The molecule has 148 valence electrons. The largest absolute Gasteiger partial charge is 0.390 e. The summed E-state index contributed by atoms with van der Waals surface area (Å²) in [7, 11) is 0. The topological polar surface area (TPSA) is 126 Å². The fourth-order valence-electron chi connectivity index (χ4n) is 5.86. The van der Waals surface area contributed by atoms with Gasteiger partial charge in [0.25, 0.3) is 0 Å². The van der Waals surface area contributed by atoms with Crippen LogP contribution < -0.4 is 11.1 Å². The second kappa shape index (κ2) is 6.20. The molecule has 5 atom stereocenters. The Bertz CT molecular complexity index is 948. The van der Waals surface area contributed by atoms with Crippen molar-refractivity contribution in [3.8, 4) is 0 Å². The Morgan fingerprint density at radius 2 is 2.14 bits per heavy atom. The van der Waals surface area contributed by atoms with E-state index in [0.29, 0.717) is 34.7 Å². The molecule has 8 nitrogen and oxygen atoms in total. The number of amidine groups is 1. The van der Waals surface area contributed by atoms with Gasteiger partial charge in [0.1, 0.15) is 17.0 Å². The molecule has 6 rings (SSSR count). The van der Waals surface area contributed by atoms with Gasteiger partial charge in [-0.1, -0.05) is 5.16 Å². The van der Waals surface area contributed by atoms with Crippen LogP contribution in [0.4, 0.5) is 5.69 Å². The van der Waals surface area contributed by atoms with Crippen LogP contribution >= 0.6 is 0 Å². The zero-order valence-electron chi connectivity index (χ0n) is 15.8. The minimum atomic E-state index is -0.592. The molecule has 0 spiro atoms. The standard InChI is InChI=1S/C20H25N5O3/c1-10(21)25-28-19(26)15-9-23-18-14(2-3-22-18)17(15)24-16-12-4-11-5-13(16)8-20(27,6-11)7-12/h2-3,9,11-13,16,27H,4-8H2,1H3,(H2,21,25)(H2,22,23,24)/t11?,12-,13+,16?,20?. The maximum absolute atomic E-state index is 12.6. The van der Waals surface area contributed by atoms with E-state index in [1.165, 1.54) is 6.20 Å². The van der Waals surface area contributed by atoms with Gasteiger partial charge in [-0.3, -0.25) is 0 Å². The Balaban J connectivity index is 1.50. The van der Waals surface area contributed by atoms with Crippen LogP contribution in [-0.2, 0) is 4.84 Å². The Kier molecular flexibility index (Phi) is 3.87. The summed E-state index contributed by atoms with van der Waals surface area (Å²) in [5, 5.41) is 18.9. The lowest BCUT2D eigenvalue weighted by atomic mass is 9.52. The molecule has 0 aliphatic heterocycles. The maximum atomic E-state index is 12.6. The lowest BCUT2D eigenvalue weighted by Crippen LogP contribution is -2.59. The third-order valence-corrected chi connectivity index (χ3v) is 6.63. The van der Waals surface area contributed by atoms with Crippen molar-refractivity contribution in [2.75, 3.05) is 5.32 Å². The van der Waals surface area contributed by atoms with Crippen LogP contribution in [0.5, 0.6) is 0 Å². The highest BCUT2D eigenvalue weighted by molar-refractivity contribution is 6.04. The van der Waals surface area contributed by atoms with Crippen molar-refractivity contribution < 1.29 is 14.7 Å². The van der Waals surface area contributed by atoms with Crippen molar-refractivity contribution in [1.29, 1.82) is 0 Å². The molecule has 2 aromatic heterocycles. The zero-order chi connectivity index (χ0) is 19.5. The molecule has 5 N–H and O–H groups in total. The van der Waals surface area contributed by atoms with Crippen LogP contribution in [0.2, 0.25) is 0 Å². The van der Waals surface area contributed by atoms with E-state index in [-0.39, 0.29) is 11.9 Å². The molecule has 3 unspecified atom stereocenters. The molecule has 4 saturated carbocycles. The van der Waals surface area contributed by atoms with Gasteiger partial charge in [-0.05, 0) is 62.8 Å². The number of nitrogens with one attached hydrogen (secondary N) is 2. The van der Waals surface area contributed by atoms with Crippen LogP contribution in [-0.4, -0.2) is 38.5 Å². The first-order valence-electron chi connectivity index (χ1n) is 9.88. The number of anilines is 1. The fraction of sp³-hybridized carbons (Fsp3) is 0.550. The van der Waals surface area contributed by atoms with E-state index in [1.54, 1.807) is 13.1 Å². The third kappa shape index (κ3) is 2.83. The highest BCUT2D eigenvalue weighted by atomic mass is 16.7. The van der Waals surface area contributed by atoms with E-state index in [9.17, 15) is 9.90 Å². The predicted molar refractivity (Wildman–Crippen MR) is 105 cm³/mol. The van der Waals surface area contributed by atoms with Gasteiger partial charge in [0.2, 0.25) is 0 Å². The van der Waals surface area contributed by atoms with Crippen molar-refractivity contribution in [3.63, 3.8) is 0 Å². The molecule has 4 aliphatic carbocycles. The smallest absolute Gasteiger partial charge is 0.369 e. The normalized spacial score (nSPS) is 34.0. The summed E-state index contributed by atoms with van der Waals surface area (Å²) in [5.74, 6) is 1.02. The number of carbonyl (C=O) groups excluding carboxylic acids is 1. The van der Waals surface area contributed by atoms with E-state index in [4.69, 9.17) is 10.6 Å². The summed E-state index contributed by atoms with van der Waals surface area (Å²) >= 11 is 0. The Labute approximate surface area is 162 Å². The van der Waals surface area contributed by atoms with Crippen LogP contribution in [0.3, 0.4) is 0 Å². The molecule has 0 aromatic carbocycles. The lowest BCUT2D eigenvalue weighted by Gasteiger charge is -2.58. The summed E-state index contributed by atoms with van der Waals surface area (Å²) < 4.78 is 0.